The minimum absolute atomic E-state index is 0.415. The molecule has 0 aliphatic heterocycles. The van der Waals surface area contributed by atoms with Crippen LogP contribution in [-0.4, -0.2) is 39.9 Å². The van der Waals surface area contributed by atoms with Crippen molar-refractivity contribution in [1.29, 1.82) is 0 Å². The Morgan fingerprint density at radius 1 is 1.44 bits per heavy atom. The van der Waals surface area contributed by atoms with Crippen molar-refractivity contribution in [3.05, 3.63) is 28.5 Å². The van der Waals surface area contributed by atoms with Gasteiger partial charge in [-0.25, -0.2) is 17.5 Å². The largest absolute Gasteiger partial charge is 0.348 e. The van der Waals surface area contributed by atoms with Crippen molar-refractivity contribution in [2.45, 2.75) is 4.90 Å². The Balaban J connectivity index is 2.93. The number of rotatable bonds is 4. The number of carbonyl (C=O) groups excluding carboxylic acids is 1. The van der Waals surface area contributed by atoms with Gasteiger partial charge in [0.2, 0.25) is 15.9 Å². The van der Waals surface area contributed by atoms with Gasteiger partial charge in [-0.2, -0.15) is 0 Å². The Morgan fingerprint density at radius 2 is 2.06 bits per heavy atom. The zero-order valence-electron chi connectivity index (χ0n) is 9.78. The highest BCUT2D eigenvalue weighted by molar-refractivity contribution is 9.10. The fourth-order valence-electron chi connectivity index (χ4n) is 1.08. The molecular weight excluding hydrogens is 327 g/mol. The summed E-state index contributed by atoms with van der Waals surface area (Å²) in [5.74, 6) is -1.29. The molecule has 0 heterocycles. The van der Waals surface area contributed by atoms with Crippen LogP contribution in [0.3, 0.4) is 0 Å². The zero-order chi connectivity index (χ0) is 13.9. The van der Waals surface area contributed by atoms with E-state index in [4.69, 9.17) is 0 Å². The summed E-state index contributed by atoms with van der Waals surface area (Å²) in [7, 11) is -1.05. The fourth-order valence-corrected chi connectivity index (χ4v) is 2.66. The van der Waals surface area contributed by atoms with E-state index in [0.717, 1.165) is 12.1 Å². The summed E-state index contributed by atoms with van der Waals surface area (Å²) >= 11 is 3.06. The number of halogens is 2. The van der Waals surface area contributed by atoms with Gasteiger partial charge in [0.15, 0.2) is 0 Å². The lowest BCUT2D eigenvalue weighted by Crippen LogP contribution is -2.36. The lowest BCUT2D eigenvalue weighted by Gasteiger charge is -2.11. The second-order valence-corrected chi connectivity index (χ2v) is 6.34. The van der Waals surface area contributed by atoms with Crippen LogP contribution < -0.4 is 4.72 Å². The third-order valence-electron chi connectivity index (χ3n) is 2.09. The van der Waals surface area contributed by atoms with Gasteiger partial charge in [0, 0.05) is 18.6 Å². The van der Waals surface area contributed by atoms with E-state index < -0.39 is 33.2 Å². The van der Waals surface area contributed by atoms with E-state index in [1.807, 2.05) is 4.72 Å². The van der Waals surface area contributed by atoms with Crippen molar-refractivity contribution in [2.24, 2.45) is 0 Å². The molecule has 0 aliphatic rings. The second kappa shape index (κ2) is 5.77. The molecule has 0 aromatic heterocycles. The SMILES string of the molecule is CN(C)C(=O)CNS(=O)(=O)c1cc(Br)ccc1F. The number of amides is 1. The summed E-state index contributed by atoms with van der Waals surface area (Å²) in [6.45, 7) is -0.415. The van der Waals surface area contributed by atoms with E-state index in [2.05, 4.69) is 15.9 Å². The number of nitrogens with one attached hydrogen (secondary N) is 1. The number of hydrogen-bond acceptors (Lipinski definition) is 3. The maximum atomic E-state index is 13.4. The second-order valence-electron chi connectivity index (χ2n) is 3.69. The Kier molecular flexibility index (Phi) is 4.83. The number of likely N-dealkylation sites (N-methyl/N-ethyl adjacent to an activating group) is 1. The molecular formula is C10H12BrFN2O3S. The van der Waals surface area contributed by atoms with E-state index in [-0.39, 0.29) is 0 Å². The average molecular weight is 339 g/mol. The first-order chi connectivity index (χ1) is 8.24. The maximum absolute atomic E-state index is 13.4. The fraction of sp³-hybridized carbons (Fsp3) is 0.300. The lowest BCUT2D eigenvalue weighted by molar-refractivity contribution is -0.127. The van der Waals surface area contributed by atoms with E-state index in [9.17, 15) is 17.6 Å². The molecule has 0 saturated carbocycles. The third-order valence-corrected chi connectivity index (χ3v) is 4.00. The minimum Gasteiger partial charge on any atom is -0.348 e. The summed E-state index contributed by atoms with van der Waals surface area (Å²) < 4.78 is 39.5. The summed E-state index contributed by atoms with van der Waals surface area (Å²) in [5, 5.41) is 0. The molecule has 0 unspecified atom stereocenters. The van der Waals surface area contributed by atoms with Crippen LogP contribution >= 0.6 is 15.9 Å². The molecule has 0 atom stereocenters. The van der Waals surface area contributed by atoms with Gasteiger partial charge in [-0.1, -0.05) is 15.9 Å². The number of hydrogen-bond donors (Lipinski definition) is 1. The molecule has 0 radical (unpaired) electrons. The normalized spacial score (nSPS) is 11.3. The zero-order valence-corrected chi connectivity index (χ0v) is 12.2. The van der Waals surface area contributed by atoms with Gasteiger partial charge >= 0.3 is 0 Å². The average Bonchev–Trinajstić information content (AvgIpc) is 2.29. The van der Waals surface area contributed by atoms with Gasteiger partial charge in [-0.05, 0) is 18.2 Å². The van der Waals surface area contributed by atoms with Gasteiger partial charge in [0.05, 0.1) is 6.54 Å². The molecule has 1 aromatic carbocycles. The van der Waals surface area contributed by atoms with E-state index >= 15 is 0 Å². The standard InChI is InChI=1S/C10H12BrFN2O3S/c1-14(2)10(15)6-13-18(16,17)9-5-7(11)3-4-8(9)12/h3-5,13H,6H2,1-2H3. The number of nitrogens with zero attached hydrogens (tertiary/aromatic N) is 1. The van der Waals surface area contributed by atoms with Gasteiger partial charge in [-0.15, -0.1) is 0 Å². The van der Waals surface area contributed by atoms with Crippen molar-refractivity contribution in [2.75, 3.05) is 20.6 Å². The Hall–Kier alpha value is -0.990. The van der Waals surface area contributed by atoms with Crippen LogP contribution in [0, 0.1) is 5.82 Å². The van der Waals surface area contributed by atoms with Crippen LogP contribution in [0.15, 0.2) is 27.6 Å². The monoisotopic (exact) mass is 338 g/mol. The Morgan fingerprint density at radius 3 is 2.61 bits per heavy atom. The van der Waals surface area contributed by atoms with Crippen LogP contribution in [-0.2, 0) is 14.8 Å². The molecule has 0 spiro atoms. The minimum atomic E-state index is -4.04. The highest BCUT2D eigenvalue weighted by atomic mass is 79.9. The summed E-state index contributed by atoms with van der Waals surface area (Å²) in [6.07, 6.45) is 0. The highest BCUT2D eigenvalue weighted by Gasteiger charge is 2.20. The summed E-state index contributed by atoms with van der Waals surface area (Å²) in [5.41, 5.74) is 0. The Bertz CT molecular complexity index is 560. The molecule has 100 valence electrons. The molecule has 1 N–H and O–H groups in total. The predicted octanol–water partition coefficient (Wildman–Crippen LogP) is 0.955. The third kappa shape index (κ3) is 3.76. The van der Waals surface area contributed by atoms with Gasteiger partial charge in [-0.3, -0.25) is 4.79 Å². The first-order valence-corrected chi connectivity index (χ1v) is 7.16. The molecule has 1 amide bonds. The number of carbonyl (C=O) groups is 1. The predicted molar refractivity (Wildman–Crippen MR) is 68.0 cm³/mol. The molecule has 0 bridgehead atoms. The van der Waals surface area contributed by atoms with Crippen LogP contribution in [0.25, 0.3) is 0 Å². The van der Waals surface area contributed by atoms with Crippen LogP contribution in [0.4, 0.5) is 4.39 Å². The molecule has 8 heteroatoms. The molecule has 0 fully saturated rings. The lowest BCUT2D eigenvalue weighted by atomic mass is 10.3. The van der Waals surface area contributed by atoms with Crippen LogP contribution in [0.2, 0.25) is 0 Å². The first kappa shape index (κ1) is 15.1. The molecule has 0 saturated heterocycles. The van der Waals surface area contributed by atoms with E-state index in [1.54, 1.807) is 0 Å². The number of benzene rings is 1. The topological polar surface area (TPSA) is 66.5 Å². The highest BCUT2D eigenvalue weighted by Crippen LogP contribution is 2.19. The first-order valence-electron chi connectivity index (χ1n) is 4.89. The van der Waals surface area contributed by atoms with Crippen LogP contribution in [0.5, 0.6) is 0 Å². The van der Waals surface area contributed by atoms with Gasteiger partial charge in [0.1, 0.15) is 10.7 Å². The van der Waals surface area contributed by atoms with Crippen molar-refractivity contribution in [3.63, 3.8) is 0 Å². The Labute approximate surface area is 113 Å². The quantitative estimate of drug-likeness (QED) is 0.888. The molecule has 18 heavy (non-hydrogen) atoms. The number of sulfonamides is 1. The van der Waals surface area contributed by atoms with Gasteiger partial charge in [0.25, 0.3) is 0 Å². The van der Waals surface area contributed by atoms with Gasteiger partial charge < -0.3 is 4.90 Å². The van der Waals surface area contributed by atoms with Crippen molar-refractivity contribution in [3.8, 4) is 0 Å². The molecule has 1 aromatic rings. The van der Waals surface area contributed by atoms with Crippen molar-refractivity contribution >= 4 is 31.9 Å². The summed E-state index contributed by atoms with van der Waals surface area (Å²) in [4.78, 5) is 12.0. The van der Waals surface area contributed by atoms with Crippen molar-refractivity contribution < 1.29 is 17.6 Å². The van der Waals surface area contributed by atoms with E-state index in [0.29, 0.717) is 4.47 Å². The molecule has 1 rings (SSSR count). The van der Waals surface area contributed by atoms with Crippen LogP contribution in [0.1, 0.15) is 0 Å². The summed E-state index contributed by atoms with van der Waals surface area (Å²) in [6, 6.07) is 3.56. The van der Waals surface area contributed by atoms with E-state index in [1.165, 1.54) is 25.1 Å². The molecule has 0 aliphatic carbocycles. The maximum Gasteiger partial charge on any atom is 0.243 e. The van der Waals surface area contributed by atoms with Crippen molar-refractivity contribution in [1.82, 2.24) is 9.62 Å². The smallest absolute Gasteiger partial charge is 0.243 e. The molecule has 5 nitrogen and oxygen atoms in total.